The monoisotopic (exact) mass is 656 g/mol. The van der Waals surface area contributed by atoms with E-state index >= 15 is 0 Å². The molecule has 0 aromatic heterocycles. The van der Waals surface area contributed by atoms with E-state index in [1.54, 1.807) is 19.1 Å². The number of phosphoric ester groups is 3. The number of phosphoric acid groups is 3. The Kier molecular flexibility index (Phi) is 11.3. The molecule has 2 aliphatic rings. The lowest BCUT2D eigenvalue weighted by Crippen LogP contribution is -2.61. The molecule has 3 rings (SSSR count). The highest BCUT2D eigenvalue weighted by Crippen LogP contribution is 2.50. The molecule has 0 amide bonds. The normalized spacial score (nSPS) is 33.2. The van der Waals surface area contributed by atoms with Gasteiger partial charge in [-0.3, -0.25) is 13.6 Å². The fourth-order valence-electron chi connectivity index (χ4n) is 4.51. The number of ether oxygens (including phenoxy) is 4. The van der Waals surface area contributed by atoms with Crippen LogP contribution in [-0.4, -0.2) is 114 Å². The van der Waals surface area contributed by atoms with Gasteiger partial charge in [-0.15, -0.1) is 0 Å². The highest BCUT2D eigenvalue weighted by molar-refractivity contribution is 7.46. The molecule has 0 bridgehead atoms. The molecule has 1 aromatic carbocycles. The van der Waals surface area contributed by atoms with Crippen LogP contribution < -0.4 is 4.74 Å². The van der Waals surface area contributed by atoms with Crippen molar-refractivity contribution in [3.63, 3.8) is 0 Å². The number of rotatable bonds is 12. The van der Waals surface area contributed by atoms with Crippen molar-refractivity contribution < 1.29 is 90.9 Å². The van der Waals surface area contributed by atoms with E-state index < -0.39 is 91.8 Å². The minimum atomic E-state index is -5.49. The summed E-state index contributed by atoms with van der Waals surface area (Å²) in [5.74, 6) is 0.207. The van der Waals surface area contributed by atoms with E-state index in [1.165, 1.54) is 13.2 Å². The molecule has 0 spiro atoms. The minimum absolute atomic E-state index is 0.207. The number of hydrogen-bond acceptors (Lipinski definition) is 13. The lowest BCUT2D eigenvalue weighted by molar-refractivity contribution is -0.313. The van der Waals surface area contributed by atoms with Crippen molar-refractivity contribution in [2.45, 2.75) is 62.0 Å². The van der Waals surface area contributed by atoms with Gasteiger partial charge in [-0.25, -0.2) is 13.7 Å². The molecule has 2 fully saturated rings. The number of aliphatic hydroxyl groups is 3. The van der Waals surface area contributed by atoms with Crippen LogP contribution >= 0.6 is 23.5 Å². The maximum Gasteiger partial charge on any atom is 0.470 e. The van der Waals surface area contributed by atoms with E-state index in [2.05, 4.69) is 9.05 Å². The lowest BCUT2D eigenvalue weighted by Gasteiger charge is -2.44. The van der Waals surface area contributed by atoms with Gasteiger partial charge in [0.1, 0.15) is 54.6 Å². The third-order valence-corrected chi connectivity index (χ3v) is 7.60. The first-order chi connectivity index (χ1) is 18.9. The van der Waals surface area contributed by atoms with E-state index in [4.69, 9.17) is 23.5 Å². The Morgan fingerprint density at radius 3 is 1.80 bits per heavy atom. The number of benzene rings is 1. The van der Waals surface area contributed by atoms with Crippen LogP contribution in [0.4, 0.5) is 0 Å². The number of aryl methyl sites for hydroxylation is 1. The van der Waals surface area contributed by atoms with E-state index in [0.717, 1.165) is 0 Å². The van der Waals surface area contributed by atoms with Crippen molar-refractivity contribution in [2.75, 3.05) is 20.3 Å². The van der Waals surface area contributed by atoms with Gasteiger partial charge in [-0.05, 0) is 19.1 Å². The summed E-state index contributed by atoms with van der Waals surface area (Å²) < 4.78 is 71.0. The van der Waals surface area contributed by atoms with Crippen molar-refractivity contribution >= 4 is 23.5 Å². The van der Waals surface area contributed by atoms with Crippen molar-refractivity contribution in [3.8, 4) is 5.75 Å². The first kappa shape index (κ1) is 34.6. The van der Waals surface area contributed by atoms with Crippen molar-refractivity contribution in [3.05, 3.63) is 29.3 Å². The fraction of sp³-hybridized carbons (Fsp3) is 0.684. The molecular formula is C19H31O19P3. The second-order valence-electron chi connectivity index (χ2n) is 9.02. The zero-order chi connectivity index (χ0) is 30.9. The largest absolute Gasteiger partial charge is 0.496 e. The summed E-state index contributed by atoms with van der Waals surface area (Å²) in [6, 6.07) is 4.76. The molecule has 0 aliphatic carbocycles. The van der Waals surface area contributed by atoms with Gasteiger partial charge in [0.2, 0.25) is 0 Å². The maximum atomic E-state index is 11.9. The topological polar surface area (TPSA) is 298 Å². The van der Waals surface area contributed by atoms with Gasteiger partial charge in [0.25, 0.3) is 0 Å². The molecule has 2 saturated heterocycles. The summed E-state index contributed by atoms with van der Waals surface area (Å²) in [4.78, 5) is 56.4. The number of hydrogen-bond donors (Lipinski definition) is 9. The van der Waals surface area contributed by atoms with Gasteiger partial charge < -0.3 is 63.6 Å². The average Bonchev–Trinajstić information content (AvgIpc) is 3.16. The summed E-state index contributed by atoms with van der Waals surface area (Å²) in [6.45, 7) is -0.240. The Balaban J connectivity index is 2.02. The van der Waals surface area contributed by atoms with Crippen LogP contribution in [0.25, 0.3) is 0 Å². The second kappa shape index (κ2) is 13.4. The molecule has 9 atom stereocenters. The average molecular weight is 656 g/mol. The fourth-order valence-corrected chi connectivity index (χ4v) is 6.19. The summed E-state index contributed by atoms with van der Waals surface area (Å²) >= 11 is 0. The Labute approximate surface area is 232 Å². The van der Waals surface area contributed by atoms with Crippen LogP contribution in [0.5, 0.6) is 5.75 Å². The van der Waals surface area contributed by atoms with Gasteiger partial charge in [0.05, 0.1) is 20.3 Å². The van der Waals surface area contributed by atoms with E-state index in [1.807, 2.05) is 0 Å². The molecule has 9 N–H and O–H groups in total. The van der Waals surface area contributed by atoms with Crippen LogP contribution in [0.1, 0.15) is 17.2 Å². The third-order valence-electron chi connectivity index (χ3n) is 6.04. The summed E-state index contributed by atoms with van der Waals surface area (Å²) in [5, 5.41) is 30.6. The third kappa shape index (κ3) is 9.06. The van der Waals surface area contributed by atoms with Gasteiger partial charge in [0.15, 0.2) is 6.29 Å². The first-order valence-corrected chi connectivity index (χ1v) is 16.2. The Bertz CT molecular complexity index is 1180. The van der Waals surface area contributed by atoms with Crippen molar-refractivity contribution in [1.29, 1.82) is 0 Å². The molecule has 2 heterocycles. The van der Waals surface area contributed by atoms with Crippen molar-refractivity contribution in [2.24, 2.45) is 0 Å². The summed E-state index contributed by atoms with van der Waals surface area (Å²) in [6.07, 6.45) is -16.9. The molecular weight excluding hydrogens is 625 g/mol. The minimum Gasteiger partial charge on any atom is -0.496 e. The number of methoxy groups -OCH3 is 1. The first-order valence-electron chi connectivity index (χ1n) is 11.6. The van der Waals surface area contributed by atoms with Gasteiger partial charge in [-0.2, -0.15) is 0 Å². The quantitative estimate of drug-likeness (QED) is 0.114. The zero-order valence-electron chi connectivity index (χ0n) is 21.3. The van der Waals surface area contributed by atoms with Crippen LogP contribution in [0.2, 0.25) is 0 Å². The molecule has 19 nitrogen and oxygen atoms in total. The molecule has 0 radical (unpaired) electrons. The highest BCUT2D eigenvalue weighted by atomic mass is 31.2. The molecule has 22 heteroatoms. The second-order valence-corrected chi connectivity index (χ2v) is 12.6. The molecule has 236 valence electrons. The standard InChI is InChI=1S/C19H31O19P3/c1-8-3-4-10(32-2)9(5-8)14-18(38-41(29,30)31)15(11(6-20)33-14)35-19-13(22)17(37-40(26,27)28)16(12(7-21)34-19)36-39(23,24)25/h3-5,11-22H,6-7H2,1-2H3,(H2,23,24,25)(H2,26,27,28)(H2,29,30,31)/t11-,12-,13-,14-,15-,16-,17-,18+,19-/m1/s1. The lowest BCUT2D eigenvalue weighted by atomic mass is 9.97. The van der Waals surface area contributed by atoms with Gasteiger partial charge in [0, 0.05) is 5.56 Å². The molecule has 0 saturated carbocycles. The molecule has 2 aliphatic heterocycles. The number of aliphatic hydroxyl groups excluding tert-OH is 3. The Hall–Kier alpha value is -0.890. The SMILES string of the molecule is COc1ccc(C)cc1[C@H]1O[C@H](CO)[C@@H](O[C@H]2O[C@H](CO)[C@@H](OP(=O)(O)O)[C@H](OP(=O)(O)O)[C@H]2O)[C@H]1OP(=O)(O)O. The predicted molar refractivity (Wildman–Crippen MR) is 130 cm³/mol. The van der Waals surface area contributed by atoms with E-state index in [-0.39, 0.29) is 11.3 Å². The van der Waals surface area contributed by atoms with E-state index in [0.29, 0.717) is 5.56 Å². The van der Waals surface area contributed by atoms with Crippen LogP contribution in [0.3, 0.4) is 0 Å². The Morgan fingerprint density at radius 2 is 1.29 bits per heavy atom. The van der Waals surface area contributed by atoms with Gasteiger partial charge in [-0.1, -0.05) is 11.6 Å². The van der Waals surface area contributed by atoms with Crippen LogP contribution in [0.15, 0.2) is 18.2 Å². The van der Waals surface area contributed by atoms with Gasteiger partial charge >= 0.3 is 23.5 Å². The van der Waals surface area contributed by atoms with Crippen LogP contribution in [-0.2, 0) is 41.5 Å². The van der Waals surface area contributed by atoms with Crippen molar-refractivity contribution in [1.82, 2.24) is 0 Å². The molecule has 1 aromatic rings. The predicted octanol–water partition coefficient (Wildman–Crippen LogP) is -1.67. The summed E-state index contributed by atoms with van der Waals surface area (Å²) in [7, 11) is -14.9. The highest BCUT2D eigenvalue weighted by Gasteiger charge is 2.56. The Morgan fingerprint density at radius 1 is 0.780 bits per heavy atom. The maximum absolute atomic E-state index is 11.9. The summed E-state index contributed by atoms with van der Waals surface area (Å²) in [5.41, 5.74) is 0.904. The zero-order valence-corrected chi connectivity index (χ0v) is 24.0. The van der Waals surface area contributed by atoms with Crippen LogP contribution in [0, 0.1) is 6.92 Å². The van der Waals surface area contributed by atoms with E-state index in [9.17, 15) is 58.4 Å². The molecule has 41 heavy (non-hydrogen) atoms. The molecule has 0 unspecified atom stereocenters. The smallest absolute Gasteiger partial charge is 0.470 e.